The number of hydrogen-bond acceptors (Lipinski definition) is 8. The van der Waals surface area contributed by atoms with Gasteiger partial charge in [0.15, 0.2) is 0 Å². The molecule has 0 spiro atoms. The third-order valence-corrected chi connectivity index (χ3v) is 4.81. The molecule has 10 heteroatoms. The molecule has 0 amide bonds. The number of halogens is 1. The van der Waals surface area contributed by atoms with Gasteiger partial charge in [-0.2, -0.15) is 8.42 Å². The molecular weight excluding hydrogens is 407 g/mol. The Morgan fingerprint density at radius 2 is 1.03 bits per heavy atom. The Morgan fingerprint density at radius 1 is 0.655 bits per heavy atom. The van der Waals surface area contributed by atoms with E-state index in [0.717, 1.165) is 5.56 Å². The van der Waals surface area contributed by atoms with Crippen LogP contribution in [0.4, 0.5) is 4.39 Å². The van der Waals surface area contributed by atoms with Crippen LogP contribution in [0.15, 0.2) is 29.2 Å². The molecule has 0 heterocycles. The molecular formula is C19H31FO8S. The van der Waals surface area contributed by atoms with Gasteiger partial charge < -0.3 is 23.7 Å². The molecule has 0 saturated heterocycles. The van der Waals surface area contributed by atoms with Crippen LogP contribution in [-0.2, 0) is 38.0 Å². The van der Waals surface area contributed by atoms with Crippen molar-refractivity contribution in [3.8, 4) is 0 Å². The lowest BCUT2D eigenvalue weighted by Gasteiger charge is -2.08. The van der Waals surface area contributed by atoms with Gasteiger partial charge in [-0.25, -0.2) is 4.39 Å². The van der Waals surface area contributed by atoms with Crippen LogP contribution in [0, 0.1) is 6.92 Å². The van der Waals surface area contributed by atoms with Gasteiger partial charge >= 0.3 is 0 Å². The number of alkyl halides is 1. The molecule has 0 atom stereocenters. The summed E-state index contributed by atoms with van der Waals surface area (Å²) in [7, 11) is -3.76. The zero-order valence-corrected chi connectivity index (χ0v) is 17.7. The smallest absolute Gasteiger partial charge is 0.297 e. The van der Waals surface area contributed by atoms with E-state index in [0.29, 0.717) is 52.9 Å². The standard InChI is InChI=1S/C19H31FO8S/c1-18-2-4-19(5-3-18)29(21,22)28-17-16-27-15-14-26-13-12-25-11-10-24-9-8-23-7-6-20/h2-5H,6-17H2,1H3. The number of benzene rings is 1. The van der Waals surface area contributed by atoms with Gasteiger partial charge in [0.2, 0.25) is 0 Å². The molecule has 0 aliphatic carbocycles. The van der Waals surface area contributed by atoms with E-state index in [4.69, 9.17) is 27.9 Å². The molecule has 1 rings (SSSR count). The van der Waals surface area contributed by atoms with E-state index in [1.54, 1.807) is 12.1 Å². The third kappa shape index (κ3) is 13.7. The second kappa shape index (κ2) is 16.6. The molecule has 1 aromatic carbocycles. The summed E-state index contributed by atoms with van der Waals surface area (Å²) in [5.41, 5.74) is 0.975. The van der Waals surface area contributed by atoms with Gasteiger partial charge in [-0.05, 0) is 19.1 Å². The molecule has 29 heavy (non-hydrogen) atoms. The first-order valence-corrected chi connectivity index (χ1v) is 10.9. The first-order chi connectivity index (χ1) is 14.1. The molecule has 0 bridgehead atoms. The fourth-order valence-corrected chi connectivity index (χ4v) is 2.90. The molecule has 0 radical (unpaired) electrons. The van der Waals surface area contributed by atoms with Crippen molar-refractivity contribution in [1.82, 2.24) is 0 Å². The lowest BCUT2D eigenvalue weighted by Crippen LogP contribution is -2.15. The summed E-state index contributed by atoms with van der Waals surface area (Å²) in [6, 6.07) is 6.45. The van der Waals surface area contributed by atoms with Crippen LogP contribution in [0.5, 0.6) is 0 Å². The van der Waals surface area contributed by atoms with Crippen LogP contribution in [0.1, 0.15) is 5.56 Å². The summed E-state index contributed by atoms with van der Waals surface area (Å²) < 4.78 is 66.7. The normalized spacial score (nSPS) is 11.8. The topological polar surface area (TPSA) is 89.5 Å². The van der Waals surface area contributed by atoms with Gasteiger partial charge in [-0.1, -0.05) is 17.7 Å². The zero-order chi connectivity index (χ0) is 21.2. The molecule has 8 nitrogen and oxygen atoms in total. The van der Waals surface area contributed by atoms with Crippen molar-refractivity contribution in [3.05, 3.63) is 29.8 Å². The lowest BCUT2D eigenvalue weighted by molar-refractivity contribution is -0.0131. The van der Waals surface area contributed by atoms with Crippen molar-refractivity contribution in [2.75, 3.05) is 79.4 Å². The van der Waals surface area contributed by atoms with Crippen LogP contribution in [0.25, 0.3) is 0 Å². The molecule has 0 aliphatic heterocycles. The molecule has 1 aromatic rings. The van der Waals surface area contributed by atoms with Crippen LogP contribution in [0.3, 0.4) is 0 Å². The summed E-state index contributed by atoms with van der Waals surface area (Å²) in [4.78, 5) is 0.127. The Hall–Kier alpha value is -1.14. The van der Waals surface area contributed by atoms with E-state index >= 15 is 0 Å². The Bertz CT molecular complexity index is 609. The van der Waals surface area contributed by atoms with Gasteiger partial charge in [0.05, 0.1) is 77.6 Å². The fourth-order valence-electron chi connectivity index (χ4n) is 2.01. The summed E-state index contributed by atoms with van der Waals surface area (Å²) in [5, 5.41) is 0. The van der Waals surface area contributed by atoms with Crippen LogP contribution < -0.4 is 0 Å². The fraction of sp³-hybridized carbons (Fsp3) is 0.684. The van der Waals surface area contributed by atoms with Crippen molar-refractivity contribution in [2.24, 2.45) is 0 Å². The van der Waals surface area contributed by atoms with Crippen LogP contribution >= 0.6 is 0 Å². The maximum Gasteiger partial charge on any atom is 0.297 e. The van der Waals surface area contributed by atoms with Crippen molar-refractivity contribution in [3.63, 3.8) is 0 Å². The van der Waals surface area contributed by atoms with Gasteiger partial charge in [0.25, 0.3) is 10.1 Å². The van der Waals surface area contributed by atoms with Crippen LogP contribution in [0.2, 0.25) is 0 Å². The van der Waals surface area contributed by atoms with Gasteiger partial charge in [0.1, 0.15) is 6.67 Å². The molecule has 0 N–H and O–H groups in total. The number of hydrogen-bond donors (Lipinski definition) is 0. The van der Waals surface area contributed by atoms with Crippen molar-refractivity contribution < 1.29 is 40.7 Å². The van der Waals surface area contributed by atoms with Crippen molar-refractivity contribution in [2.45, 2.75) is 11.8 Å². The minimum absolute atomic E-state index is 0.0574. The Kier molecular flexibility index (Phi) is 14.9. The molecule has 0 aliphatic rings. The predicted octanol–water partition coefficient (Wildman–Crippen LogP) is 1.75. The predicted molar refractivity (Wildman–Crippen MR) is 104 cm³/mol. The first kappa shape index (κ1) is 25.9. The van der Waals surface area contributed by atoms with E-state index < -0.39 is 16.8 Å². The molecule has 0 fully saturated rings. The highest BCUT2D eigenvalue weighted by Gasteiger charge is 2.14. The Morgan fingerprint density at radius 3 is 1.45 bits per heavy atom. The highest BCUT2D eigenvalue weighted by atomic mass is 32.2. The second-order valence-corrected chi connectivity index (χ2v) is 7.46. The first-order valence-electron chi connectivity index (χ1n) is 9.47. The van der Waals surface area contributed by atoms with Crippen LogP contribution in [-0.4, -0.2) is 87.8 Å². The van der Waals surface area contributed by atoms with E-state index in [2.05, 4.69) is 0 Å². The highest BCUT2D eigenvalue weighted by Crippen LogP contribution is 2.12. The number of ether oxygens (including phenoxy) is 5. The molecule has 0 unspecified atom stereocenters. The average molecular weight is 439 g/mol. The largest absolute Gasteiger partial charge is 0.377 e. The monoisotopic (exact) mass is 438 g/mol. The summed E-state index contributed by atoms with van der Waals surface area (Å²) in [6.07, 6.45) is 0. The van der Waals surface area contributed by atoms with Gasteiger partial charge in [-0.15, -0.1) is 0 Å². The molecule has 0 aromatic heterocycles. The van der Waals surface area contributed by atoms with Gasteiger partial charge in [0, 0.05) is 0 Å². The summed E-state index contributed by atoms with van der Waals surface area (Å²) >= 11 is 0. The number of rotatable bonds is 19. The minimum Gasteiger partial charge on any atom is -0.377 e. The van der Waals surface area contributed by atoms with Crippen molar-refractivity contribution in [1.29, 1.82) is 0 Å². The summed E-state index contributed by atoms with van der Waals surface area (Å²) in [5.74, 6) is 0. The SMILES string of the molecule is Cc1ccc(S(=O)(=O)OCCOCCOCCOCCOCCOCCF)cc1. The lowest BCUT2D eigenvalue weighted by atomic mass is 10.2. The average Bonchev–Trinajstić information content (AvgIpc) is 2.70. The maximum absolute atomic E-state index is 12.0. The Labute approximate surface area is 172 Å². The zero-order valence-electron chi connectivity index (χ0n) is 16.8. The van der Waals surface area contributed by atoms with Crippen molar-refractivity contribution >= 4 is 10.1 Å². The third-order valence-electron chi connectivity index (χ3n) is 3.49. The second-order valence-electron chi connectivity index (χ2n) is 5.84. The van der Waals surface area contributed by atoms with E-state index in [1.165, 1.54) is 12.1 Å². The van der Waals surface area contributed by atoms with E-state index in [9.17, 15) is 12.8 Å². The highest BCUT2D eigenvalue weighted by molar-refractivity contribution is 7.86. The molecule has 0 saturated carbocycles. The Balaban J connectivity index is 1.86. The van der Waals surface area contributed by atoms with Gasteiger partial charge in [-0.3, -0.25) is 4.18 Å². The summed E-state index contributed by atoms with van der Waals surface area (Å²) in [6.45, 7) is 4.79. The minimum atomic E-state index is -3.76. The quantitative estimate of drug-likeness (QED) is 0.238. The molecule has 168 valence electrons. The van der Waals surface area contributed by atoms with E-state index in [1.807, 2.05) is 6.92 Å². The number of aryl methyl sites for hydroxylation is 1. The van der Waals surface area contributed by atoms with E-state index in [-0.39, 0.29) is 24.7 Å². The maximum atomic E-state index is 12.0.